The van der Waals surface area contributed by atoms with Crippen molar-refractivity contribution in [1.29, 1.82) is 0 Å². The number of halogens is 1. The molecule has 2 aromatic heterocycles. The van der Waals surface area contributed by atoms with E-state index in [1.54, 1.807) is 18.2 Å². The van der Waals surface area contributed by atoms with Crippen molar-refractivity contribution >= 4 is 35.1 Å². The van der Waals surface area contributed by atoms with Crippen molar-refractivity contribution in [3.63, 3.8) is 0 Å². The molecule has 0 bridgehead atoms. The number of hydrogen-bond donors (Lipinski definition) is 3. The maximum atomic E-state index is 12.7. The number of anilines is 2. The lowest BCUT2D eigenvalue weighted by Crippen LogP contribution is -2.45. The quantitative estimate of drug-likeness (QED) is 0.511. The molecule has 3 N–H and O–H groups in total. The Kier molecular flexibility index (Phi) is 6.27. The molecule has 4 rings (SSSR count). The predicted molar refractivity (Wildman–Crippen MR) is 120 cm³/mol. The highest BCUT2D eigenvalue weighted by Crippen LogP contribution is 2.26. The zero-order valence-electron chi connectivity index (χ0n) is 17.7. The molecular weight excluding hydrogens is 432 g/mol. The number of nitrogens with one attached hydrogen (secondary N) is 3. The van der Waals surface area contributed by atoms with Crippen LogP contribution in [0.1, 0.15) is 22.5 Å². The van der Waals surface area contributed by atoms with Gasteiger partial charge < -0.3 is 20.3 Å². The van der Waals surface area contributed by atoms with Crippen LogP contribution in [0.2, 0.25) is 5.02 Å². The SMILES string of the molecule is COc1cccc(Cl)c1CNC(=O)C(=O)N1CCc2ccc(Nc3cc(C)n[nH]3)nc2C1. The molecule has 9 nitrogen and oxygen atoms in total. The number of fused-ring (bicyclic) bond motifs is 1. The number of aryl methyl sites for hydroxylation is 1. The Bertz CT molecular complexity index is 1160. The minimum atomic E-state index is -0.697. The Hall–Kier alpha value is -3.59. The summed E-state index contributed by atoms with van der Waals surface area (Å²) in [6.45, 7) is 2.68. The zero-order chi connectivity index (χ0) is 22.7. The molecule has 32 heavy (non-hydrogen) atoms. The summed E-state index contributed by atoms with van der Waals surface area (Å²) in [5, 5.41) is 13.2. The van der Waals surface area contributed by atoms with Crippen LogP contribution in [0, 0.1) is 6.92 Å². The first-order chi connectivity index (χ1) is 15.4. The number of amides is 2. The lowest BCUT2D eigenvalue weighted by atomic mass is 10.0. The van der Waals surface area contributed by atoms with E-state index in [9.17, 15) is 9.59 Å². The number of H-pyrrole nitrogens is 1. The second-order valence-corrected chi connectivity index (χ2v) is 7.84. The van der Waals surface area contributed by atoms with E-state index in [0.717, 1.165) is 22.8 Å². The highest BCUT2D eigenvalue weighted by atomic mass is 35.5. The van der Waals surface area contributed by atoms with Crippen LogP contribution in [-0.4, -0.2) is 45.6 Å². The number of hydrogen-bond acceptors (Lipinski definition) is 6. The van der Waals surface area contributed by atoms with Crippen molar-refractivity contribution in [2.24, 2.45) is 0 Å². The molecule has 0 saturated carbocycles. The Morgan fingerprint density at radius 3 is 2.88 bits per heavy atom. The standard InChI is InChI=1S/C22H23ClN6O3/c1-13-10-20(28-27-13)26-19-7-6-14-8-9-29(12-17(14)25-19)22(31)21(30)24-11-15-16(23)4-3-5-18(15)32-2/h3-7,10H,8-9,11-12H2,1-2H3,(H,24,30)(H2,25,26,27,28). The first-order valence-corrected chi connectivity index (χ1v) is 10.5. The topological polar surface area (TPSA) is 112 Å². The second-order valence-electron chi connectivity index (χ2n) is 7.43. The smallest absolute Gasteiger partial charge is 0.312 e. The fourth-order valence-electron chi connectivity index (χ4n) is 3.57. The number of carbonyl (C=O) groups is 2. The lowest BCUT2D eigenvalue weighted by Gasteiger charge is -2.28. The van der Waals surface area contributed by atoms with Gasteiger partial charge in [-0.3, -0.25) is 14.7 Å². The Labute approximate surface area is 190 Å². The number of aromatic nitrogens is 3. The van der Waals surface area contributed by atoms with Crippen molar-refractivity contribution in [1.82, 2.24) is 25.4 Å². The number of aromatic amines is 1. The van der Waals surface area contributed by atoms with Gasteiger partial charge in [0.1, 0.15) is 17.4 Å². The van der Waals surface area contributed by atoms with Gasteiger partial charge in [-0.2, -0.15) is 5.10 Å². The summed E-state index contributed by atoms with van der Waals surface area (Å²) < 4.78 is 5.28. The summed E-state index contributed by atoms with van der Waals surface area (Å²) in [6, 6.07) is 11.0. The molecule has 0 radical (unpaired) electrons. The molecule has 0 atom stereocenters. The summed E-state index contributed by atoms with van der Waals surface area (Å²) in [4.78, 5) is 31.4. The van der Waals surface area contributed by atoms with E-state index in [4.69, 9.17) is 16.3 Å². The summed E-state index contributed by atoms with van der Waals surface area (Å²) in [7, 11) is 1.52. The summed E-state index contributed by atoms with van der Waals surface area (Å²) >= 11 is 6.20. The van der Waals surface area contributed by atoms with Crippen LogP contribution in [0.15, 0.2) is 36.4 Å². The fourth-order valence-corrected chi connectivity index (χ4v) is 3.80. The highest BCUT2D eigenvalue weighted by Gasteiger charge is 2.27. The molecule has 0 spiro atoms. The van der Waals surface area contributed by atoms with E-state index in [2.05, 4.69) is 25.8 Å². The van der Waals surface area contributed by atoms with Gasteiger partial charge in [0.25, 0.3) is 0 Å². The molecule has 2 amide bonds. The van der Waals surface area contributed by atoms with Gasteiger partial charge in [0.05, 0.1) is 25.0 Å². The van der Waals surface area contributed by atoms with Crippen molar-refractivity contribution in [2.45, 2.75) is 26.4 Å². The first-order valence-electron chi connectivity index (χ1n) is 10.1. The van der Waals surface area contributed by atoms with E-state index >= 15 is 0 Å². The molecule has 3 aromatic rings. The van der Waals surface area contributed by atoms with Crippen molar-refractivity contribution in [3.8, 4) is 5.75 Å². The monoisotopic (exact) mass is 454 g/mol. The number of carbonyl (C=O) groups excluding carboxylic acids is 2. The van der Waals surface area contributed by atoms with Gasteiger partial charge in [-0.25, -0.2) is 4.98 Å². The van der Waals surface area contributed by atoms with Gasteiger partial charge in [0.15, 0.2) is 0 Å². The molecule has 10 heteroatoms. The number of nitrogens with zero attached hydrogens (tertiary/aromatic N) is 3. The van der Waals surface area contributed by atoms with Crippen molar-refractivity contribution in [3.05, 3.63) is 63.9 Å². The predicted octanol–water partition coefficient (Wildman–Crippen LogP) is 2.72. The van der Waals surface area contributed by atoms with Crippen LogP contribution in [-0.2, 0) is 29.1 Å². The van der Waals surface area contributed by atoms with Gasteiger partial charge in [-0.05, 0) is 37.1 Å². The number of rotatable bonds is 5. The van der Waals surface area contributed by atoms with Crippen LogP contribution in [0.4, 0.5) is 11.6 Å². The molecule has 0 unspecified atom stereocenters. The normalized spacial score (nSPS) is 12.8. The Morgan fingerprint density at radius 1 is 1.28 bits per heavy atom. The minimum absolute atomic E-state index is 0.0910. The summed E-state index contributed by atoms with van der Waals surface area (Å²) in [6.07, 6.45) is 0.628. The van der Waals surface area contributed by atoms with E-state index in [1.807, 2.05) is 25.1 Å². The third kappa shape index (κ3) is 4.67. The van der Waals surface area contributed by atoms with Crippen LogP contribution >= 0.6 is 11.6 Å². The van der Waals surface area contributed by atoms with E-state index < -0.39 is 11.8 Å². The zero-order valence-corrected chi connectivity index (χ0v) is 18.5. The van der Waals surface area contributed by atoms with Gasteiger partial charge in [-0.15, -0.1) is 0 Å². The van der Waals surface area contributed by atoms with Gasteiger partial charge in [-0.1, -0.05) is 23.7 Å². The van der Waals surface area contributed by atoms with Crippen molar-refractivity contribution in [2.75, 3.05) is 19.0 Å². The second kappa shape index (κ2) is 9.27. The molecule has 3 heterocycles. The number of pyridine rings is 1. The highest BCUT2D eigenvalue weighted by molar-refractivity contribution is 6.35. The third-order valence-electron chi connectivity index (χ3n) is 5.23. The Morgan fingerprint density at radius 2 is 2.12 bits per heavy atom. The summed E-state index contributed by atoms with van der Waals surface area (Å²) in [5.74, 6) is 0.613. The van der Waals surface area contributed by atoms with E-state index in [1.165, 1.54) is 12.0 Å². The van der Waals surface area contributed by atoms with Crippen LogP contribution < -0.4 is 15.4 Å². The largest absolute Gasteiger partial charge is 0.496 e. The van der Waals surface area contributed by atoms with Crippen LogP contribution in [0.25, 0.3) is 0 Å². The number of benzene rings is 1. The van der Waals surface area contributed by atoms with Crippen LogP contribution in [0.5, 0.6) is 5.75 Å². The van der Waals surface area contributed by atoms with Gasteiger partial charge >= 0.3 is 11.8 Å². The molecule has 1 aromatic carbocycles. The Balaban J connectivity index is 1.40. The number of methoxy groups -OCH3 is 1. The average Bonchev–Trinajstić information content (AvgIpc) is 3.21. The molecular formula is C22H23ClN6O3. The van der Waals surface area contributed by atoms with E-state index in [-0.39, 0.29) is 13.1 Å². The van der Waals surface area contributed by atoms with Gasteiger partial charge in [0, 0.05) is 29.7 Å². The maximum Gasteiger partial charge on any atom is 0.312 e. The molecule has 166 valence electrons. The lowest BCUT2D eigenvalue weighted by molar-refractivity contribution is -0.146. The fraction of sp³-hybridized carbons (Fsp3) is 0.273. The molecule has 0 aliphatic carbocycles. The molecule has 0 fully saturated rings. The minimum Gasteiger partial charge on any atom is -0.496 e. The third-order valence-corrected chi connectivity index (χ3v) is 5.59. The first kappa shape index (κ1) is 21.6. The molecule has 0 saturated heterocycles. The summed E-state index contributed by atoms with van der Waals surface area (Å²) in [5.41, 5.74) is 3.30. The molecule has 1 aliphatic rings. The molecule has 1 aliphatic heterocycles. The number of ether oxygens (including phenoxy) is 1. The van der Waals surface area contributed by atoms with Crippen molar-refractivity contribution < 1.29 is 14.3 Å². The van der Waals surface area contributed by atoms with Gasteiger partial charge in [0.2, 0.25) is 0 Å². The van der Waals surface area contributed by atoms with E-state index in [0.29, 0.717) is 35.1 Å². The van der Waals surface area contributed by atoms with Crippen LogP contribution in [0.3, 0.4) is 0 Å². The average molecular weight is 455 g/mol. The maximum absolute atomic E-state index is 12.7.